The number of hydrogen-bond acceptors (Lipinski definition) is 4. The van der Waals surface area contributed by atoms with E-state index in [9.17, 15) is 0 Å². The molecule has 2 N–H and O–H groups in total. The lowest BCUT2D eigenvalue weighted by molar-refractivity contribution is 0.287. The first kappa shape index (κ1) is 16.3. The summed E-state index contributed by atoms with van der Waals surface area (Å²) < 4.78 is 5.59. The highest BCUT2D eigenvalue weighted by molar-refractivity contribution is 5.67. The van der Waals surface area contributed by atoms with Crippen molar-refractivity contribution in [2.45, 2.75) is 33.6 Å². The maximum Gasteiger partial charge on any atom is 0.215 e. The van der Waals surface area contributed by atoms with Gasteiger partial charge < -0.3 is 15.4 Å². The maximum atomic E-state index is 5.88. The summed E-state index contributed by atoms with van der Waals surface area (Å²) in [5.74, 6) is 1.66. The molecule has 1 aromatic rings. The van der Waals surface area contributed by atoms with E-state index in [1.54, 1.807) is 6.34 Å². The predicted molar refractivity (Wildman–Crippen MR) is 84.7 cm³/mol. The van der Waals surface area contributed by atoms with E-state index >= 15 is 0 Å². The van der Waals surface area contributed by atoms with Crippen molar-refractivity contribution in [2.24, 2.45) is 10.9 Å². The Morgan fingerprint density at radius 2 is 2.20 bits per heavy atom. The van der Waals surface area contributed by atoms with Crippen LogP contribution in [-0.2, 0) is 0 Å². The number of ether oxygens (including phenoxy) is 1. The van der Waals surface area contributed by atoms with Crippen LogP contribution in [0.2, 0.25) is 0 Å². The number of aliphatic imine (C=N–C) groups is 1. The molecule has 1 aromatic heterocycles. The lowest BCUT2D eigenvalue weighted by Crippen LogP contribution is -2.14. The fourth-order valence-corrected chi connectivity index (χ4v) is 1.55. The normalized spacial score (nSPS) is 11.2. The number of nitrogens with zero attached hydrogens (tertiary/aromatic N) is 3. The van der Waals surface area contributed by atoms with Crippen molar-refractivity contribution >= 4 is 17.8 Å². The Kier molecular flexibility index (Phi) is 6.84. The second kappa shape index (κ2) is 8.40. The third-order valence-electron chi connectivity index (χ3n) is 2.95. The van der Waals surface area contributed by atoms with Crippen molar-refractivity contribution in [2.75, 3.05) is 25.9 Å². The third-order valence-corrected chi connectivity index (χ3v) is 2.95. The number of anilines is 1. The fraction of sp³-hybridized carbons (Fsp3) is 0.600. The van der Waals surface area contributed by atoms with Crippen molar-refractivity contribution in [3.05, 3.63) is 12.1 Å². The van der Waals surface area contributed by atoms with Crippen LogP contribution >= 0.6 is 0 Å². The molecule has 0 radical (unpaired) electrons. The van der Waals surface area contributed by atoms with Gasteiger partial charge in [0.05, 0.1) is 12.9 Å². The summed E-state index contributed by atoms with van der Waals surface area (Å²) in [4.78, 5) is 10.5. The Morgan fingerprint density at radius 3 is 2.80 bits per heavy atom. The molecule has 0 saturated carbocycles. The quantitative estimate of drug-likeness (QED) is 0.451. The summed E-state index contributed by atoms with van der Waals surface area (Å²) in [6.07, 6.45) is 3.93. The molecule has 5 heteroatoms. The minimum Gasteiger partial charge on any atom is -0.478 e. The average molecular weight is 278 g/mol. The molecule has 112 valence electrons. The van der Waals surface area contributed by atoms with Crippen LogP contribution in [-0.4, -0.2) is 36.4 Å². The molecule has 1 heterocycles. The first-order valence-corrected chi connectivity index (χ1v) is 7.16. The third kappa shape index (κ3) is 5.91. The number of nitrogens with two attached hydrogens (primary N) is 1. The largest absolute Gasteiger partial charge is 0.478 e. The van der Waals surface area contributed by atoms with Gasteiger partial charge in [-0.25, -0.2) is 4.99 Å². The molecule has 5 nitrogen and oxygen atoms in total. The summed E-state index contributed by atoms with van der Waals surface area (Å²) in [5.41, 5.74) is 6.54. The zero-order valence-corrected chi connectivity index (χ0v) is 13.0. The van der Waals surface area contributed by atoms with Gasteiger partial charge in [-0.2, -0.15) is 4.98 Å². The van der Waals surface area contributed by atoms with E-state index in [0.717, 1.165) is 19.4 Å². The summed E-state index contributed by atoms with van der Waals surface area (Å²) in [6.45, 7) is 8.04. The molecule has 1 rings (SSSR count). The SMILES string of the molecule is CCN(C)/C=N/c1ccc(OCCCC(C)C)nc1N. The lowest BCUT2D eigenvalue weighted by atomic mass is 10.1. The highest BCUT2D eigenvalue weighted by atomic mass is 16.5. The molecule has 0 fully saturated rings. The van der Waals surface area contributed by atoms with Crippen LogP contribution in [0.3, 0.4) is 0 Å². The van der Waals surface area contributed by atoms with Gasteiger partial charge in [-0.1, -0.05) is 13.8 Å². The second-order valence-corrected chi connectivity index (χ2v) is 5.26. The average Bonchev–Trinajstić information content (AvgIpc) is 2.42. The number of rotatable bonds is 8. The topological polar surface area (TPSA) is 63.7 Å². The van der Waals surface area contributed by atoms with Gasteiger partial charge in [-0.15, -0.1) is 0 Å². The zero-order chi connectivity index (χ0) is 15.0. The van der Waals surface area contributed by atoms with Gasteiger partial charge in [0.2, 0.25) is 5.88 Å². The maximum absolute atomic E-state index is 5.88. The van der Waals surface area contributed by atoms with Gasteiger partial charge in [-0.05, 0) is 31.7 Å². The molecule has 0 bridgehead atoms. The van der Waals surface area contributed by atoms with Crippen LogP contribution in [0.5, 0.6) is 5.88 Å². The molecule has 0 aliphatic rings. The van der Waals surface area contributed by atoms with Gasteiger partial charge in [0.25, 0.3) is 0 Å². The Labute approximate surface area is 121 Å². The van der Waals surface area contributed by atoms with Gasteiger partial charge in [0.1, 0.15) is 5.69 Å². The van der Waals surface area contributed by atoms with E-state index in [2.05, 4.69) is 30.7 Å². The smallest absolute Gasteiger partial charge is 0.215 e. The number of nitrogen functional groups attached to an aromatic ring is 1. The highest BCUT2D eigenvalue weighted by Crippen LogP contribution is 2.22. The fourth-order valence-electron chi connectivity index (χ4n) is 1.55. The first-order chi connectivity index (χ1) is 9.52. The zero-order valence-electron chi connectivity index (χ0n) is 13.0. The van der Waals surface area contributed by atoms with Crippen molar-refractivity contribution in [1.82, 2.24) is 9.88 Å². The Bertz CT molecular complexity index is 432. The van der Waals surface area contributed by atoms with E-state index in [4.69, 9.17) is 10.5 Å². The van der Waals surface area contributed by atoms with Gasteiger partial charge in [-0.3, -0.25) is 0 Å². The molecular formula is C15H26N4O. The molecule has 0 aliphatic heterocycles. The van der Waals surface area contributed by atoms with Crippen LogP contribution in [0, 0.1) is 5.92 Å². The molecule has 0 atom stereocenters. The first-order valence-electron chi connectivity index (χ1n) is 7.16. The Morgan fingerprint density at radius 1 is 1.45 bits per heavy atom. The van der Waals surface area contributed by atoms with Crippen molar-refractivity contribution in [3.63, 3.8) is 0 Å². The lowest BCUT2D eigenvalue weighted by Gasteiger charge is -2.10. The summed E-state index contributed by atoms with van der Waals surface area (Å²) >= 11 is 0. The number of aromatic nitrogens is 1. The van der Waals surface area contributed by atoms with E-state index in [0.29, 0.717) is 29.9 Å². The van der Waals surface area contributed by atoms with Gasteiger partial charge in [0.15, 0.2) is 5.82 Å². The molecule has 0 amide bonds. The van der Waals surface area contributed by atoms with Crippen molar-refractivity contribution in [3.8, 4) is 5.88 Å². The summed E-state index contributed by atoms with van der Waals surface area (Å²) in [7, 11) is 1.96. The predicted octanol–water partition coefficient (Wildman–Crippen LogP) is 3.09. The number of pyridine rings is 1. The minimum atomic E-state index is 0.395. The Balaban J connectivity index is 2.53. The van der Waals surface area contributed by atoms with Gasteiger partial charge in [0, 0.05) is 19.7 Å². The minimum absolute atomic E-state index is 0.395. The molecule has 0 unspecified atom stereocenters. The second-order valence-electron chi connectivity index (χ2n) is 5.26. The number of hydrogen-bond donors (Lipinski definition) is 1. The van der Waals surface area contributed by atoms with Crippen LogP contribution in [0.4, 0.5) is 11.5 Å². The summed E-state index contributed by atoms with van der Waals surface area (Å²) in [6, 6.07) is 3.64. The molecule has 20 heavy (non-hydrogen) atoms. The van der Waals surface area contributed by atoms with Crippen LogP contribution in [0.15, 0.2) is 17.1 Å². The van der Waals surface area contributed by atoms with E-state index < -0.39 is 0 Å². The molecule has 0 saturated heterocycles. The van der Waals surface area contributed by atoms with Crippen LogP contribution < -0.4 is 10.5 Å². The van der Waals surface area contributed by atoms with Crippen LogP contribution in [0.1, 0.15) is 33.6 Å². The standard InChI is InChI=1S/C15H26N4O/c1-5-19(4)11-17-13-8-9-14(18-15(13)16)20-10-6-7-12(2)3/h8-9,11-12H,5-7,10H2,1-4H3,(H2,16,18)/b17-11+. The summed E-state index contributed by atoms with van der Waals surface area (Å²) in [5, 5.41) is 0. The Hall–Kier alpha value is -1.78. The van der Waals surface area contributed by atoms with Crippen LogP contribution in [0.25, 0.3) is 0 Å². The molecule has 0 spiro atoms. The van der Waals surface area contributed by atoms with Crippen molar-refractivity contribution < 1.29 is 4.74 Å². The van der Waals surface area contributed by atoms with E-state index in [1.165, 1.54) is 0 Å². The van der Waals surface area contributed by atoms with E-state index in [1.807, 2.05) is 24.1 Å². The van der Waals surface area contributed by atoms with Gasteiger partial charge >= 0.3 is 0 Å². The van der Waals surface area contributed by atoms with Crippen molar-refractivity contribution in [1.29, 1.82) is 0 Å². The molecular weight excluding hydrogens is 252 g/mol. The highest BCUT2D eigenvalue weighted by Gasteiger charge is 2.03. The monoisotopic (exact) mass is 278 g/mol. The van der Waals surface area contributed by atoms with E-state index in [-0.39, 0.29) is 0 Å². The molecule has 0 aliphatic carbocycles. The molecule has 0 aromatic carbocycles.